The summed E-state index contributed by atoms with van der Waals surface area (Å²) in [6.45, 7) is 0.953. The van der Waals surface area contributed by atoms with Crippen LogP contribution < -0.4 is 9.64 Å². The summed E-state index contributed by atoms with van der Waals surface area (Å²) in [5.74, 6) is -0.685. The molecule has 2 fully saturated rings. The van der Waals surface area contributed by atoms with Crippen molar-refractivity contribution in [3.05, 3.63) is 70.7 Å². The van der Waals surface area contributed by atoms with Crippen molar-refractivity contribution in [1.82, 2.24) is 19.7 Å². The summed E-state index contributed by atoms with van der Waals surface area (Å²) in [5, 5.41) is 5.08. The van der Waals surface area contributed by atoms with E-state index in [4.69, 9.17) is 42.9 Å². The van der Waals surface area contributed by atoms with Crippen LogP contribution in [-0.2, 0) is 21.8 Å². The largest absolute Gasteiger partial charge is 0.491 e. The molecule has 3 aromatic rings. The van der Waals surface area contributed by atoms with Crippen molar-refractivity contribution in [2.75, 3.05) is 44.2 Å². The zero-order valence-electron chi connectivity index (χ0n) is 24.1. The highest BCUT2D eigenvalue weighted by atomic mass is 35.5. The Bertz CT molecular complexity index is 1300. The average Bonchev–Trinajstić information content (AvgIpc) is 3.52. The molecule has 0 unspecified atom stereocenters. The number of hydrogen-bond donors (Lipinski definition) is 0. The number of piperazine rings is 1. The molecule has 3 heterocycles. The molecule has 0 amide bonds. The monoisotopic (exact) mass is 535 g/mol. The van der Waals surface area contributed by atoms with E-state index in [-0.39, 0.29) is 38.9 Å². The van der Waals surface area contributed by atoms with Crippen LogP contribution in [0.2, 0.25) is 10.0 Å². The molecule has 2 aliphatic heterocycles. The summed E-state index contributed by atoms with van der Waals surface area (Å²) in [6.07, 6.45) is 2.57. The van der Waals surface area contributed by atoms with E-state index in [9.17, 15) is 0 Å². The maximum Gasteiger partial charge on any atom is 0.217 e. The van der Waals surface area contributed by atoms with E-state index < -0.39 is 24.9 Å². The Kier molecular flexibility index (Phi) is 6.28. The molecule has 0 aliphatic carbocycles. The Morgan fingerprint density at radius 2 is 1.94 bits per heavy atom. The third-order valence-corrected chi connectivity index (χ3v) is 6.71. The van der Waals surface area contributed by atoms with Crippen molar-refractivity contribution in [1.29, 1.82) is 0 Å². The lowest BCUT2D eigenvalue weighted by Crippen LogP contribution is -2.48. The van der Waals surface area contributed by atoms with E-state index in [2.05, 4.69) is 10.1 Å². The highest BCUT2D eigenvalue weighted by Crippen LogP contribution is 2.40. The van der Waals surface area contributed by atoms with Gasteiger partial charge in [-0.1, -0.05) is 29.3 Å². The number of benzene rings is 2. The Hall–Kier alpha value is -2.36. The summed E-state index contributed by atoms with van der Waals surface area (Å²) in [5.41, 5.74) is 1.05. The summed E-state index contributed by atoms with van der Waals surface area (Å²) < 4.78 is 54.5. The Morgan fingerprint density at radius 1 is 1.17 bits per heavy atom. The van der Waals surface area contributed by atoms with Gasteiger partial charge in [0.25, 0.3) is 0 Å². The van der Waals surface area contributed by atoms with Crippen molar-refractivity contribution in [2.24, 2.45) is 0 Å². The predicted molar refractivity (Wildman–Crippen MR) is 140 cm³/mol. The molecule has 2 aliphatic rings. The molecule has 2 saturated heterocycles. The maximum atomic E-state index is 8.58. The van der Waals surface area contributed by atoms with Gasteiger partial charge in [-0.2, -0.15) is 5.10 Å². The van der Waals surface area contributed by atoms with Crippen LogP contribution in [0.5, 0.6) is 5.75 Å². The van der Waals surface area contributed by atoms with Crippen LogP contribution in [0.3, 0.4) is 0 Å². The average molecular weight is 536 g/mol. The van der Waals surface area contributed by atoms with Crippen LogP contribution in [0.25, 0.3) is 0 Å². The van der Waals surface area contributed by atoms with Gasteiger partial charge in [0.1, 0.15) is 37.7 Å². The number of rotatable bonds is 8. The molecule has 0 radical (unpaired) electrons. The number of ether oxygens (including phenoxy) is 3. The van der Waals surface area contributed by atoms with Gasteiger partial charge in [-0.25, -0.2) is 9.67 Å². The minimum atomic E-state index is -1.89. The van der Waals surface area contributed by atoms with E-state index >= 15 is 0 Å². The molecule has 0 bridgehead atoms. The molecule has 192 valence electrons. The fraction of sp³-hybridized carbons (Fsp3) is 0.462. The highest BCUT2D eigenvalue weighted by Gasteiger charge is 2.45. The number of hydrogen-bond acceptors (Lipinski definition) is 7. The summed E-state index contributed by atoms with van der Waals surface area (Å²) in [4.78, 5) is 7.03. The summed E-state index contributed by atoms with van der Waals surface area (Å²) >= 11 is 12.6. The maximum absolute atomic E-state index is 8.58. The van der Waals surface area contributed by atoms with Gasteiger partial charge in [0.05, 0.1) is 17.1 Å². The van der Waals surface area contributed by atoms with Crippen LogP contribution in [0, 0.1) is 0 Å². The van der Waals surface area contributed by atoms with Gasteiger partial charge >= 0.3 is 0 Å². The molecule has 1 aromatic heterocycles. The van der Waals surface area contributed by atoms with E-state index in [0.717, 1.165) is 0 Å². The lowest BCUT2D eigenvalue weighted by Gasteiger charge is -2.38. The molecule has 36 heavy (non-hydrogen) atoms. The second kappa shape index (κ2) is 10.9. The topological polar surface area (TPSA) is 64.9 Å². The van der Waals surface area contributed by atoms with Gasteiger partial charge in [-0.15, -0.1) is 0 Å². The zero-order chi connectivity index (χ0) is 28.7. The number of aromatic nitrogens is 3. The van der Waals surface area contributed by atoms with Gasteiger partial charge in [0.2, 0.25) is 5.79 Å². The summed E-state index contributed by atoms with van der Waals surface area (Å²) in [6, 6.07) is 11.9. The first-order valence-corrected chi connectivity index (χ1v) is 12.5. The molecule has 0 spiro atoms. The van der Waals surface area contributed by atoms with Crippen LogP contribution in [0.15, 0.2) is 55.1 Å². The Labute approximate surface area is 227 Å². The van der Waals surface area contributed by atoms with E-state index in [1.807, 2.05) is 18.7 Å². The molecule has 0 saturated carbocycles. The molecular weight excluding hydrogens is 501 g/mol. The Balaban J connectivity index is 1.27. The van der Waals surface area contributed by atoms with Gasteiger partial charge < -0.3 is 19.1 Å². The van der Waals surface area contributed by atoms with Crippen LogP contribution in [-0.4, -0.2) is 71.1 Å². The van der Waals surface area contributed by atoms with Crippen molar-refractivity contribution in [3.63, 3.8) is 0 Å². The van der Waals surface area contributed by atoms with Crippen molar-refractivity contribution >= 4 is 28.9 Å². The third-order valence-electron chi connectivity index (χ3n) is 6.16. The predicted octanol–water partition coefficient (Wildman–Crippen LogP) is 4.46. The first-order valence-electron chi connectivity index (χ1n) is 13.8. The van der Waals surface area contributed by atoms with Gasteiger partial charge in [0, 0.05) is 48.4 Å². The first kappa shape index (κ1) is 20.7. The molecule has 2 atom stereocenters. The van der Waals surface area contributed by atoms with Crippen molar-refractivity contribution in [3.8, 4) is 5.75 Å². The molecule has 5 rings (SSSR count). The quantitative estimate of drug-likeness (QED) is 0.421. The Morgan fingerprint density at radius 3 is 2.61 bits per heavy atom. The van der Waals surface area contributed by atoms with Crippen LogP contribution in [0.1, 0.15) is 24.9 Å². The normalized spacial score (nSPS) is 27.4. The molecule has 10 heteroatoms. The standard InChI is InChI=1S/C26H31Cl2N5O3/c1-19(2)31-9-11-32(12-10-31)21-4-6-22(7-5-21)34-14-23-15-35-26(36-23,16-33-18-29-17-30-33)24-8-3-20(27)13-25(24)28/h3-8,13,17-19,23H,9-12,14-16H2,1-2H3/t23-,26-/m1/s1/i11D2,12D2. The van der Waals surface area contributed by atoms with Crippen molar-refractivity contribution < 1.29 is 19.7 Å². The molecule has 8 nitrogen and oxygen atoms in total. The number of nitrogens with zero attached hydrogens (tertiary/aromatic N) is 5. The SMILES string of the molecule is [2H]C1([2H])CN(C(C)C)CC([2H])([2H])N1c1ccc(OC[C@@H]2CO[C@@](Cn3cncn3)(c3ccc(Cl)cc3Cl)O2)cc1. The van der Waals surface area contributed by atoms with E-state index in [0.29, 0.717) is 27.0 Å². The molecule has 2 aromatic carbocycles. The van der Waals surface area contributed by atoms with E-state index in [1.165, 1.54) is 11.2 Å². The molecule has 0 N–H and O–H groups in total. The van der Waals surface area contributed by atoms with Crippen LogP contribution in [0.4, 0.5) is 5.69 Å². The van der Waals surface area contributed by atoms with Crippen molar-refractivity contribution in [2.45, 2.75) is 38.3 Å². The van der Waals surface area contributed by atoms with Gasteiger partial charge in [-0.3, -0.25) is 4.90 Å². The second-order valence-corrected chi connectivity index (χ2v) is 9.82. The molecular formula is C26H31Cl2N5O3. The minimum Gasteiger partial charge on any atom is -0.491 e. The number of halogens is 2. The lowest BCUT2D eigenvalue weighted by atomic mass is 10.1. The lowest BCUT2D eigenvalue weighted by molar-refractivity contribution is -0.190. The first-order chi connectivity index (χ1) is 18.9. The van der Waals surface area contributed by atoms with E-state index in [1.54, 1.807) is 53.5 Å². The number of anilines is 1. The smallest absolute Gasteiger partial charge is 0.217 e. The minimum absolute atomic E-state index is 0.0375. The summed E-state index contributed by atoms with van der Waals surface area (Å²) in [7, 11) is 0. The zero-order valence-corrected chi connectivity index (χ0v) is 21.6. The fourth-order valence-electron chi connectivity index (χ4n) is 4.15. The van der Waals surface area contributed by atoms with Gasteiger partial charge in [0.15, 0.2) is 0 Å². The fourth-order valence-corrected chi connectivity index (χ4v) is 4.70. The third kappa shape index (κ3) is 5.63. The second-order valence-electron chi connectivity index (χ2n) is 8.98. The van der Waals surface area contributed by atoms with Gasteiger partial charge in [-0.05, 0) is 50.2 Å². The van der Waals surface area contributed by atoms with Crippen LogP contribution >= 0.6 is 23.2 Å². The highest BCUT2D eigenvalue weighted by molar-refractivity contribution is 6.35.